The zero-order valence-electron chi connectivity index (χ0n) is 18.9. The van der Waals surface area contributed by atoms with E-state index in [0.29, 0.717) is 11.3 Å². The van der Waals surface area contributed by atoms with Gasteiger partial charge in [0, 0.05) is 27.6 Å². The van der Waals surface area contributed by atoms with E-state index in [0.717, 1.165) is 11.3 Å². The van der Waals surface area contributed by atoms with E-state index in [9.17, 15) is 17.6 Å². The first-order valence-electron chi connectivity index (χ1n) is 10.8. The zero-order chi connectivity index (χ0) is 24.8. The molecule has 0 unspecified atom stereocenters. The van der Waals surface area contributed by atoms with E-state index in [4.69, 9.17) is 0 Å². The maximum Gasteiger partial charge on any atom is 0.261 e. The summed E-state index contributed by atoms with van der Waals surface area (Å²) in [6, 6.07) is 26.6. The van der Waals surface area contributed by atoms with Crippen molar-refractivity contribution in [2.75, 3.05) is 10.0 Å². The standard InChI is InChI=1S/C27H23FN2O3S2/c1-19-2-14-25(15-3-19)34-18-20-4-6-21(7-5-20)27(31)29-23-12-16-26(17-13-23)35(32,33)30-24-10-8-22(28)9-11-24/h2-17,30H,18H2,1H3,(H,29,31). The molecule has 5 nitrogen and oxygen atoms in total. The maximum atomic E-state index is 13.0. The van der Waals surface area contributed by atoms with Gasteiger partial charge in [0.2, 0.25) is 0 Å². The fourth-order valence-corrected chi connectivity index (χ4v) is 5.12. The summed E-state index contributed by atoms with van der Waals surface area (Å²) in [5.74, 6) is 0.0546. The van der Waals surface area contributed by atoms with Gasteiger partial charge < -0.3 is 5.32 Å². The molecule has 4 aromatic carbocycles. The smallest absolute Gasteiger partial charge is 0.261 e. The molecule has 0 spiro atoms. The van der Waals surface area contributed by atoms with Crippen LogP contribution in [0.3, 0.4) is 0 Å². The number of rotatable bonds is 8. The molecule has 0 aliphatic carbocycles. The van der Waals surface area contributed by atoms with Crippen LogP contribution < -0.4 is 10.0 Å². The molecule has 0 atom stereocenters. The van der Waals surface area contributed by atoms with Crippen LogP contribution in [0.25, 0.3) is 0 Å². The number of amides is 1. The number of hydrogen-bond donors (Lipinski definition) is 2. The van der Waals surface area contributed by atoms with E-state index in [2.05, 4.69) is 41.2 Å². The molecule has 0 fully saturated rings. The summed E-state index contributed by atoms with van der Waals surface area (Å²) in [4.78, 5) is 13.8. The molecule has 4 rings (SSSR count). The Morgan fingerprint density at radius 2 is 1.40 bits per heavy atom. The van der Waals surface area contributed by atoms with E-state index in [-0.39, 0.29) is 16.5 Å². The summed E-state index contributed by atoms with van der Waals surface area (Å²) < 4.78 is 40.5. The topological polar surface area (TPSA) is 75.3 Å². The summed E-state index contributed by atoms with van der Waals surface area (Å²) in [7, 11) is -3.84. The first kappa shape index (κ1) is 24.5. The van der Waals surface area contributed by atoms with Gasteiger partial charge in [-0.25, -0.2) is 12.8 Å². The number of hydrogen-bond acceptors (Lipinski definition) is 4. The molecule has 178 valence electrons. The van der Waals surface area contributed by atoms with Crippen LogP contribution in [-0.4, -0.2) is 14.3 Å². The van der Waals surface area contributed by atoms with Gasteiger partial charge in [-0.15, -0.1) is 11.8 Å². The highest BCUT2D eigenvalue weighted by atomic mass is 32.2. The third-order valence-electron chi connectivity index (χ3n) is 5.16. The molecule has 35 heavy (non-hydrogen) atoms. The van der Waals surface area contributed by atoms with Crippen molar-refractivity contribution in [1.82, 2.24) is 0 Å². The lowest BCUT2D eigenvalue weighted by molar-refractivity contribution is 0.102. The molecule has 0 saturated heterocycles. The van der Waals surface area contributed by atoms with Crippen molar-refractivity contribution in [3.8, 4) is 0 Å². The van der Waals surface area contributed by atoms with Crippen LogP contribution in [0.2, 0.25) is 0 Å². The Labute approximate surface area is 208 Å². The fraction of sp³-hybridized carbons (Fsp3) is 0.0741. The van der Waals surface area contributed by atoms with Crippen LogP contribution in [0.5, 0.6) is 0 Å². The van der Waals surface area contributed by atoms with Gasteiger partial charge in [0.05, 0.1) is 4.90 Å². The molecule has 0 aliphatic heterocycles. The maximum absolute atomic E-state index is 13.0. The van der Waals surface area contributed by atoms with Crippen LogP contribution in [0.15, 0.2) is 107 Å². The molecular weight excluding hydrogens is 483 g/mol. The predicted molar refractivity (Wildman–Crippen MR) is 139 cm³/mol. The van der Waals surface area contributed by atoms with E-state index in [1.165, 1.54) is 59.0 Å². The lowest BCUT2D eigenvalue weighted by atomic mass is 10.1. The first-order chi connectivity index (χ1) is 16.8. The normalized spacial score (nSPS) is 11.1. The minimum atomic E-state index is -3.84. The molecule has 0 bridgehead atoms. The monoisotopic (exact) mass is 506 g/mol. The van der Waals surface area contributed by atoms with Gasteiger partial charge >= 0.3 is 0 Å². The van der Waals surface area contributed by atoms with Gasteiger partial charge in [-0.3, -0.25) is 9.52 Å². The highest BCUT2D eigenvalue weighted by molar-refractivity contribution is 7.98. The second-order valence-corrected chi connectivity index (χ2v) is 10.6. The van der Waals surface area contributed by atoms with Crippen molar-refractivity contribution in [2.45, 2.75) is 22.5 Å². The minimum absolute atomic E-state index is 0.0234. The average molecular weight is 507 g/mol. The van der Waals surface area contributed by atoms with Gasteiger partial charge in [0.15, 0.2) is 0 Å². The highest BCUT2D eigenvalue weighted by Gasteiger charge is 2.15. The molecule has 8 heteroatoms. The average Bonchev–Trinajstić information content (AvgIpc) is 2.85. The van der Waals surface area contributed by atoms with Crippen molar-refractivity contribution in [1.29, 1.82) is 0 Å². The lowest BCUT2D eigenvalue weighted by Crippen LogP contribution is -2.14. The highest BCUT2D eigenvalue weighted by Crippen LogP contribution is 2.24. The predicted octanol–water partition coefficient (Wildman–Crippen LogP) is 6.48. The van der Waals surface area contributed by atoms with Gasteiger partial charge in [0.1, 0.15) is 5.82 Å². The number of thioether (sulfide) groups is 1. The largest absolute Gasteiger partial charge is 0.322 e. The third-order valence-corrected chi connectivity index (χ3v) is 7.64. The summed E-state index contributed by atoms with van der Waals surface area (Å²) in [6.45, 7) is 2.06. The second-order valence-electron chi connectivity index (χ2n) is 7.89. The Kier molecular flexibility index (Phi) is 7.53. The van der Waals surface area contributed by atoms with Crippen LogP contribution >= 0.6 is 11.8 Å². The van der Waals surface area contributed by atoms with Crippen molar-refractivity contribution >= 4 is 39.1 Å². The fourth-order valence-electron chi connectivity index (χ4n) is 3.21. The van der Waals surface area contributed by atoms with Gasteiger partial charge in [-0.05, 0) is 85.3 Å². The van der Waals surface area contributed by atoms with Gasteiger partial charge in [-0.2, -0.15) is 0 Å². The van der Waals surface area contributed by atoms with E-state index >= 15 is 0 Å². The Morgan fingerprint density at radius 3 is 2.03 bits per heavy atom. The van der Waals surface area contributed by atoms with Crippen LogP contribution in [0, 0.1) is 12.7 Å². The van der Waals surface area contributed by atoms with Crippen molar-refractivity contribution in [2.24, 2.45) is 0 Å². The minimum Gasteiger partial charge on any atom is -0.322 e. The van der Waals surface area contributed by atoms with Gasteiger partial charge in [-0.1, -0.05) is 29.8 Å². The molecule has 0 radical (unpaired) electrons. The Bertz CT molecular complexity index is 1400. The number of carbonyl (C=O) groups excluding carboxylic acids is 1. The summed E-state index contributed by atoms with van der Waals surface area (Å²) >= 11 is 1.73. The quantitative estimate of drug-likeness (QED) is 0.268. The number of halogens is 1. The Balaban J connectivity index is 1.34. The Hall–Kier alpha value is -3.62. The van der Waals surface area contributed by atoms with Crippen LogP contribution in [0.1, 0.15) is 21.5 Å². The third kappa shape index (κ3) is 6.71. The number of carbonyl (C=O) groups is 1. The summed E-state index contributed by atoms with van der Waals surface area (Å²) in [5.41, 5.74) is 3.56. The summed E-state index contributed by atoms with van der Waals surface area (Å²) in [5, 5.41) is 2.77. The van der Waals surface area contributed by atoms with E-state index in [1.54, 1.807) is 23.9 Å². The van der Waals surface area contributed by atoms with Crippen molar-refractivity contribution in [3.05, 3.63) is 120 Å². The number of aryl methyl sites for hydroxylation is 1. The summed E-state index contributed by atoms with van der Waals surface area (Å²) in [6.07, 6.45) is 0. The molecular formula is C27H23FN2O3S2. The van der Waals surface area contributed by atoms with E-state index < -0.39 is 15.8 Å². The van der Waals surface area contributed by atoms with Crippen LogP contribution in [0.4, 0.5) is 15.8 Å². The second kappa shape index (κ2) is 10.8. The van der Waals surface area contributed by atoms with Crippen molar-refractivity contribution < 1.29 is 17.6 Å². The molecule has 0 aromatic heterocycles. The zero-order valence-corrected chi connectivity index (χ0v) is 20.5. The van der Waals surface area contributed by atoms with Crippen LogP contribution in [-0.2, 0) is 15.8 Å². The first-order valence-corrected chi connectivity index (χ1v) is 13.2. The molecule has 0 saturated carbocycles. The SMILES string of the molecule is Cc1ccc(SCc2ccc(C(=O)Nc3ccc(S(=O)(=O)Nc4ccc(F)cc4)cc3)cc2)cc1. The molecule has 0 aliphatic rings. The number of benzene rings is 4. The molecule has 2 N–H and O–H groups in total. The molecule has 4 aromatic rings. The van der Waals surface area contributed by atoms with Gasteiger partial charge in [0.25, 0.3) is 15.9 Å². The van der Waals surface area contributed by atoms with E-state index in [1.807, 2.05) is 12.1 Å². The number of sulfonamides is 1. The Morgan fingerprint density at radius 1 is 0.800 bits per heavy atom. The number of anilines is 2. The van der Waals surface area contributed by atoms with Crippen molar-refractivity contribution in [3.63, 3.8) is 0 Å². The lowest BCUT2D eigenvalue weighted by Gasteiger charge is -2.10. The molecule has 0 heterocycles. The molecule has 1 amide bonds. The number of nitrogens with one attached hydrogen (secondary N) is 2.